The number of benzene rings is 2. The third kappa shape index (κ3) is 4.35. The number of hydrogen-bond acceptors (Lipinski definition) is 2. The third-order valence-electron chi connectivity index (χ3n) is 3.47. The second kappa shape index (κ2) is 7.48. The van der Waals surface area contributed by atoms with E-state index in [2.05, 4.69) is 41.8 Å². The lowest BCUT2D eigenvalue weighted by molar-refractivity contribution is 0.0956. The van der Waals surface area contributed by atoms with Gasteiger partial charge >= 0.3 is 0 Å². The largest absolute Gasteiger partial charge is 0.384 e. The molecular weight excluding hydrogens is 260 g/mol. The van der Waals surface area contributed by atoms with Gasteiger partial charge in [-0.2, -0.15) is 0 Å². The highest BCUT2D eigenvalue weighted by molar-refractivity contribution is 5.94. The van der Waals surface area contributed by atoms with Crippen LogP contribution in [0.3, 0.4) is 0 Å². The molecule has 110 valence electrons. The smallest absolute Gasteiger partial charge is 0.251 e. The SMILES string of the molecule is CCNC(=O)c1ccc(NCC(C)c2ccccc2)cc1. The van der Waals surface area contributed by atoms with Crippen molar-refractivity contribution in [2.24, 2.45) is 0 Å². The third-order valence-corrected chi connectivity index (χ3v) is 3.47. The molecule has 0 saturated heterocycles. The minimum Gasteiger partial charge on any atom is -0.384 e. The molecule has 1 atom stereocenters. The normalized spacial score (nSPS) is 11.7. The van der Waals surface area contributed by atoms with Gasteiger partial charge in [-0.3, -0.25) is 4.79 Å². The first-order chi connectivity index (χ1) is 10.2. The molecule has 3 nitrogen and oxygen atoms in total. The second-order valence-electron chi connectivity index (χ2n) is 5.13. The summed E-state index contributed by atoms with van der Waals surface area (Å²) >= 11 is 0. The van der Waals surface area contributed by atoms with E-state index in [1.165, 1.54) is 5.56 Å². The van der Waals surface area contributed by atoms with Crippen LogP contribution in [-0.2, 0) is 0 Å². The summed E-state index contributed by atoms with van der Waals surface area (Å²) in [4.78, 5) is 11.7. The average Bonchev–Trinajstić information content (AvgIpc) is 2.54. The molecule has 0 spiro atoms. The zero-order valence-electron chi connectivity index (χ0n) is 12.6. The Morgan fingerprint density at radius 3 is 2.33 bits per heavy atom. The molecular formula is C18H22N2O. The monoisotopic (exact) mass is 282 g/mol. The van der Waals surface area contributed by atoms with Crippen molar-refractivity contribution in [2.75, 3.05) is 18.4 Å². The molecule has 1 unspecified atom stereocenters. The quantitative estimate of drug-likeness (QED) is 0.849. The summed E-state index contributed by atoms with van der Waals surface area (Å²) in [6, 6.07) is 18.0. The maximum Gasteiger partial charge on any atom is 0.251 e. The van der Waals surface area contributed by atoms with Crippen molar-refractivity contribution in [1.82, 2.24) is 5.32 Å². The Hall–Kier alpha value is -2.29. The molecule has 0 saturated carbocycles. The van der Waals surface area contributed by atoms with Crippen LogP contribution in [0.25, 0.3) is 0 Å². The Labute approximate surface area is 126 Å². The van der Waals surface area contributed by atoms with Gasteiger partial charge in [0, 0.05) is 24.3 Å². The Morgan fingerprint density at radius 2 is 1.71 bits per heavy atom. The van der Waals surface area contributed by atoms with Gasteiger partial charge in [-0.15, -0.1) is 0 Å². The molecule has 0 aromatic heterocycles. The number of amides is 1. The van der Waals surface area contributed by atoms with Crippen LogP contribution in [0.15, 0.2) is 54.6 Å². The highest BCUT2D eigenvalue weighted by Crippen LogP contribution is 2.16. The van der Waals surface area contributed by atoms with Gasteiger partial charge in [-0.25, -0.2) is 0 Å². The highest BCUT2D eigenvalue weighted by atomic mass is 16.1. The zero-order chi connectivity index (χ0) is 15.1. The lowest BCUT2D eigenvalue weighted by atomic mass is 10.0. The topological polar surface area (TPSA) is 41.1 Å². The Kier molecular flexibility index (Phi) is 5.38. The van der Waals surface area contributed by atoms with E-state index in [1.807, 2.05) is 37.3 Å². The van der Waals surface area contributed by atoms with Crippen LogP contribution in [-0.4, -0.2) is 19.0 Å². The molecule has 0 aliphatic carbocycles. The molecule has 3 heteroatoms. The first-order valence-corrected chi connectivity index (χ1v) is 7.37. The number of hydrogen-bond donors (Lipinski definition) is 2. The Balaban J connectivity index is 1.90. The summed E-state index contributed by atoms with van der Waals surface area (Å²) in [7, 11) is 0. The zero-order valence-corrected chi connectivity index (χ0v) is 12.6. The molecule has 0 radical (unpaired) electrons. The van der Waals surface area contributed by atoms with Crippen molar-refractivity contribution >= 4 is 11.6 Å². The van der Waals surface area contributed by atoms with Crippen LogP contribution < -0.4 is 10.6 Å². The van der Waals surface area contributed by atoms with Gasteiger partial charge in [-0.1, -0.05) is 37.3 Å². The van der Waals surface area contributed by atoms with Gasteiger partial charge in [0.25, 0.3) is 5.91 Å². The van der Waals surface area contributed by atoms with Crippen LogP contribution >= 0.6 is 0 Å². The molecule has 0 heterocycles. The predicted molar refractivity (Wildman–Crippen MR) is 87.8 cm³/mol. The maximum atomic E-state index is 11.7. The molecule has 21 heavy (non-hydrogen) atoms. The summed E-state index contributed by atoms with van der Waals surface area (Å²) < 4.78 is 0. The lowest BCUT2D eigenvalue weighted by Gasteiger charge is -2.14. The van der Waals surface area contributed by atoms with Crippen LogP contribution in [0.5, 0.6) is 0 Å². The number of anilines is 1. The summed E-state index contributed by atoms with van der Waals surface area (Å²) in [5.41, 5.74) is 3.05. The Morgan fingerprint density at radius 1 is 1.05 bits per heavy atom. The fourth-order valence-corrected chi connectivity index (χ4v) is 2.17. The van der Waals surface area contributed by atoms with Crippen LogP contribution in [0.1, 0.15) is 35.7 Å². The van der Waals surface area contributed by atoms with Crippen molar-refractivity contribution in [3.05, 3.63) is 65.7 Å². The van der Waals surface area contributed by atoms with E-state index in [0.717, 1.165) is 12.2 Å². The number of rotatable bonds is 6. The fourth-order valence-electron chi connectivity index (χ4n) is 2.17. The van der Waals surface area contributed by atoms with Crippen molar-refractivity contribution in [3.63, 3.8) is 0 Å². The van der Waals surface area contributed by atoms with E-state index in [4.69, 9.17) is 0 Å². The molecule has 0 fully saturated rings. The number of nitrogens with one attached hydrogen (secondary N) is 2. The Bertz CT molecular complexity index is 564. The first kappa shape index (κ1) is 15.1. The van der Waals surface area contributed by atoms with Gasteiger partial charge < -0.3 is 10.6 Å². The second-order valence-corrected chi connectivity index (χ2v) is 5.13. The van der Waals surface area contributed by atoms with Gasteiger partial charge in [0.15, 0.2) is 0 Å². The minimum absolute atomic E-state index is 0.0262. The predicted octanol–water partition coefficient (Wildman–Crippen LogP) is 3.65. The van der Waals surface area contributed by atoms with Crippen LogP contribution in [0, 0.1) is 0 Å². The molecule has 2 aromatic rings. The highest BCUT2D eigenvalue weighted by Gasteiger charge is 2.06. The van der Waals surface area contributed by atoms with Crippen LogP contribution in [0.2, 0.25) is 0 Å². The van der Waals surface area contributed by atoms with E-state index in [1.54, 1.807) is 0 Å². The standard InChI is InChI=1S/C18H22N2O/c1-3-19-18(21)16-9-11-17(12-10-16)20-13-14(2)15-7-5-4-6-8-15/h4-12,14,20H,3,13H2,1-2H3,(H,19,21). The van der Waals surface area contributed by atoms with E-state index in [-0.39, 0.29) is 5.91 Å². The van der Waals surface area contributed by atoms with Gasteiger partial charge in [-0.05, 0) is 42.7 Å². The molecule has 1 amide bonds. The summed E-state index contributed by atoms with van der Waals surface area (Å²) in [6.45, 7) is 5.63. The van der Waals surface area contributed by atoms with Crippen molar-refractivity contribution < 1.29 is 4.79 Å². The summed E-state index contributed by atoms with van der Waals surface area (Å²) in [6.07, 6.45) is 0. The first-order valence-electron chi connectivity index (χ1n) is 7.37. The molecule has 0 aliphatic heterocycles. The van der Waals surface area contributed by atoms with Gasteiger partial charge in [0.05, 0.1) is 0 Å². The number of carbonyl (C=O) groups is 1. The van der Waals surface area contributed by atoms with Crippen molar-refractivity contribution in [1.29, 1.82) is 0 Å². The molecule has 2 N–H and O–H groups in total. The van der Waals surface area contributed by atoms with Crippen molar-refractivity contribution in [3.8, 4) is 0 Å². The molecule has 0 bridgehead atoms. The van der Waals surface area contributed by atoms with Crippen molar-refractivity contribution in [2.45, 2.75) is 19.8 Å². The lowest BCUT2D eigenvalue weighted by Crippen LogP contribution is -2.22. The fraction of sp³-hybridized carbons (Fsp3) is 0.278. The minimum atomic E-state index is -0.0262. The molecule has 2 rings (SSSR count). The molecule has 2 aromatic carbocycles. The summed E-state index contributed by atoms with van der Waals surface area (Å²) in [5, 5.41) is 6.20. The maximum absolute atomic E-state index is 11.7. The summed E-state index contributed by atoms with van der Waals surface area (Å²) in [5.74, 6) is 0.413. The number of carbonyl (C=O) groups excluding carboxylic acids is 1. The van der Waals surface area contributed by atoms with Gasteiger partial charge in [0.2, 0.25) is 0 Å². The van der Waals surface area contributed by atoms with Crippen LogP contribution in [0.4, 0.5) is 5.69 Å². The average molecular weight is 282 g/mol. The van der Waals surface area contributed by atoms with E-state index >= 15 is 0 Å². The molecule has 0 aliphatic rings. The van der Waals surface area contributed by atoms with E-state index < -0.39 is 0 Å². The van der Waals surface area contributed by atoms with E-state index in [9.17, 15) is 4.79 Å². The van der Waals surface area contributed by atoms with Gasteiger partial charge in [0.1, 0.15) is 0 Å². The van der Waals surface area contributed by atoms with E-state index in [0.29, 0.717) is 18.0 Å².